The van der Waals surface area contributed by atoms with E-state index in [1.165, 1.54) is 25.7 Å². The molecule has 1 aromatic carbocycles. The van der Waals surface area contributed by atoms with Crippen molar-refractivity contribution in [2.75, 3.05) is 13.7 Å². The van der Waals surface area contributed by atoms with Gasteiger partial charge in [0.25, 0.3) is 0 Å². The van der Waals surface area contributed by atoms with E-state index >= 15 is 0 Å². The summed E-state index contributed by atoms with van der Waals surface area (Å²) in [5, 5.41) is 0. The van der Waals surface area contributed by atoms with Crippen LogP contribution in [0.25, 0.3) is 0 Å². The molecule has 1 rings (SSSR count). The van der Waals surface area contributed by atoms with Gasteiger partial charge in [-0.1, -0.05) is 57.2 Å². The lowest BCUT2D eigenvalue weighted by molar-refractivity contribution is 0.415. The van der Waals surface area contributed by atoms with Gasteiger partial charge in [-0.05, 0) is 18.6 Å². The molecule has 0 aliphatic rings. The van der Waals surface area contributed by atoms with Crippen LogP contribution in [0.5, 0.6) is 5.75 Å². The van der Waals surface area contributed by atoms with Gasteiger partial charge in [-0.25, -0.2) is 4.72 Å². The van der Waals surface area contributed by atoms with Crippen LogP contribution in [0.4, 0.5) is 0 Å². The van der Waals surface area contributed by atoms with Crippen molar-refractivity contribution in [3.05, 3.63) is 30.3 Å². The van der Waals surface area contributed by atoms with Crippen LogP contribution < -0.4 is 9.46 Å². The maximum atomic E-state index is 10.0. The monoisotopic (exact) mass is 300 g/mol. The molecule has 0 bridgehead atoms. The second-order valence-corrected chi connectivity index (χ2v) is 5.17. The molecular formula is C15H26NO3S-. The fourth-order valence-electron chi connectivity index (χ4n) is 1.62. The number of hydrogen-bond donors (Lipinski definition) is 1. The molecular weight excluding hydrogens is 274 g/mol. The number of unbranched alkanes of at least 4 members (excludes halogenated alkanes) is 5. The van der Waals surface area contributed by atoms with E-state index in [0.29, 0.717) is 6.54 Å². The summed E-state index contributed by atoms with van der Waals surface area (Å²) in [6.45, 7) is 2.77. The summed E-state index contributed by atoms with van der Waals surface area (Å²) in [6.07, 6.45) is 7.13. The van der Waals surface area contributed by atoms with E-state index in [1.54, 1.807) is 7.11 Å². The number of methoxy groups -OCH3 is 1. The van der Waals surface area contributed by atoms with Gasteiger partial charge < -0.3 is 9.29 Å². The zero-order valence-electron chi connectivity index (χ0n) is 12.5. The molecule has 1 N–H and O–H groups in total. The minimum Gasteiger partial charge on any atom is -0.760 e. The highest BCUT2D eigenvalue weighted by Gasteiger charge is 1.89. The number of ether oxygens (including phenoxy) is 1. The first-order valence-electron chi connectivity index (χ1n) is 7.12. The molecule has 20 heavy (non-hydrogen) atoms. The van der Waals surface area contributed by atoms with Crippen LogP contribution >= 0.6 is 0 Å². The van der Waals surface area contributed by atoms with Crippen molar-refractivity contribution in [1.82, 2.24) is 4.72 Å². The highest BCUT2D eigenvalue weighted by molar-refractivity contribution is 7.77. The fourth-order valence-corrected chi connectivity index (χ4v) is 1.93. The van der Waals surface area contributed by atoms with Crippen LogP contribution in [-0.4, -0.2) is 22.4 Å². The van der Waals surface area contributed by atoms with Gasteiger partial charge in [0.2, 0.25) is 0 Å². The Bertz CT molecular complexity index is 333. The predicted octanol–water partition coefficient (Wildman–Crippen LogP) is 3.43. The molecule has 1 aromatic rings. The Labute approximate surface area is 125 Å². The van der Waals surface area contributed by atoms with Crippen molar-refractivity contribution in [2.24, 2.45) is 0 Å². The normalized spacial score (nSPS) is 11.3. The average Bonchev–Trinajstić information content (AvgIpc) is 2.47. The molecule has 5 heteroatoms. The number of benzene rings is 1. The Kier molecular flexibility index (Phi) is 13.8. The van der Waals surface area contributed by atoms with Crippen molar-refractivity contribution in [1.29, 1.82) is 0 Å². The maximum absolute atomic E-state index is 10.0. The quantitative estimate of drug-likeness (QED) is 0.561. The molecule has 0 saturated heterocycles. The first kappa shape index (κ1) is 19.1. The van der Waals surface area contributed by atoms with Gasteiger partial charge in [-0.3, -0.25) is 4.21 Å². The summed E-state index contributed by atoms with van der Waals surface area (Å²) >= 11 is -2.07. The maximum Gasteiger partial charge on any atom is 0.118 e. The number of nitrogens with one attached hydrogen (secondary N) is 1. The van der Waals surface area contributed by atoms with Crippen molar-refractivity contribution >= 4 is 11.3 Å². The lowest BCUT2D eigenvalue weighted by atomic mass is 10.1. The zero-order chi connectivity index (χ0) is 15.1. The molecule has 1 atom stereocenters. The molecule has 0 aliphatic carbocycles. The van der Waals surface area contributed by atoms with Gasteiger partial charge >= 0.3 is 0 Å². The number of para-hydroxylation sites is 1. The van der Waals surface area contributed by atoms with E-state index in [1.807, 2.05) is 30.3 Å². The lowest BCUT2D eigenvalue weighted by Crippen LogP contribution is -2.17. The van der Waals surface area contributed by atoms with Gasteiger partial charge in [0.05, 0.1) is 7.11 Å². The summed E-state index contributed by atoms with van der Waals surface area (Å²) in [4.78, 5) is 0. The second-order valence-electron chi connectivity index (χ2n) is 4.41. The fraction of sp³-hybridized carbons (Fsp3) is 0.600. The molecule has 0 saturated carbocycles. The Morgan fingerprint density at radius 2 is 1.70 bits per heavy atom. The Morgan fingerprint density at radius 1 is 1.10 bits per heavy atom. The first-order valence-corrected chi connectivity index (χ1v) is 8.20. The molecule has 0 radical (unpaired) electrons. The topological polar surface area (TPSA) is 61.4 Å². The summed E-state index contributed by atoms with van der Waals surface area (Å²) in [5.74, 6) is 0.910. The van der Waals surface area contributed by atoms with Crippen molar-refractivity contribution in [3.8, 4) is 5.75 Å². The standard InChI is InChI=1S/C8H19NO2S.C7H8O/c1-2-3-4-5-6-7-8-9-12(10)11;1-8-7-5-3-2-4-6-7/h9H,2-8H2,1H3,(H,10,11);2-6H,1H3/p-1. The molecule has 0 aromatic heterocycles. The number of hydrogen-bond acceptors (Lipinski definition) is 3. The number of rotatable bonds is 9. The minimum atomic E-state index is -2.07. The van der Waals surface area contributed by atoms with Crippen molar-refractivity contribution in [2.45, 2.75) is 45.4 Å². The average molecular weight is 300 g/mol. The van der Waals surface area contributed by atoms with Gasteiger partial charge in [-0.2, -0.15) is 0 Å². The summed E-state index contributed by atoms with van der Waals surface area (Å²) < 4.78 is 27.3. The third kappa shape index (κ3) is 13.5. The van der Waals surface area contributed by atoms with E-state index in [4.69, 9.17) is 4.74 Å². The van der Waals surface area contributed by atoms with E-state index in [9.17, 15) is 8.76 Å². The van der Waals surface area contributed by atoms with E-state index in [0.717, 1.165) is 18.6 Å². The van der Waals surface area contributed by atoms with Gasteiger partial charge in [0.15, 0.2) is 0 Å². The highest BCUT2D eigenvalue weighted by atomic mass is 32.2. The largest absolute Gasteiger partial charge is 0.760 e. The summed E-state index contributed by atoms with van der Waals surface area (Å²) in [7, 11) is 1.66. The van der Waals surface area contributed by atoms with Crippen LogP contribution in [0.15, 0.2) is 30.3 Å². The lowest BCUT2D eigenvalue weighted by Gasteiger charge is -2.05. The molecule has 0 spiro atoms. The van der Waals surface area contributed by atoms with E-state index in [2.05, 4.69) is 11.6 Å². The van der Waals surface area contributed by atoms with Crippen molar-refractivity contribution < 1.29 is 13.5 Å². The molecule has 116 valence electrons. The Balaban J connectivity index is 0.000000388. The van der Waals surface area contributed by atoms with E-state index < -0.39 is 11.3 Å². The highest BCUT2D eigenvalue weighted by Crippen LogP contribution is 2.05. The van der Waals surface area contributed by atoms with Crippen molar-refractivity contribution in [3.63, 3.8) is 0 Å². The molecule has 1 unspecified atom stereocenters. The Morgan fingerprint density at radius 3 is 2.20 bits per heavy atom. The predicted molar refractivity (Wildman–Crippen MR) is 83.3 cm³/mol. The third-order valence-corrected chi connectivity index (χ3v) is 3.17. The summed E-state index contributed by atoms with van der Waals surface area (Å²) in [6, 6.07) is 9.68. The second kappa shape index (κ2) is 14.5. The van der Waals surface area contributed by atoms with Gasteiger partial charge in [0.1, 0.15) is 5.75 Å². The molecule has 0 aliphatic heterocycles. The zero-order valence-corrected chi connectivity index (χ0v) is 13.3. The third-order valence-electron chi connectivity index (χ3n) is 2.73. The SMILES string of the molecule is CCCCCCCCNS(=O)[O-].COc1ccccc1. The van der Waals surface area contributed by atoms with Crippen LogP contribution in [-0.2, 0) is 11.3 Å². The van der Waals surface area contributed by atoms with Crippen LogP contribution in [0.3, 0.4) is 0 Å². The van der Waals surface area contributed by atoms with E-state index in [-0.39, 0.29) is 0 Å². The first-order chi connectivity index (χ1) is 9.70. The molecule has 4 nitrogen and oxygen atoms in total. The minimum absolute atomic E-state index is 0.586. The van der Waals surface area contributed by atoms with Gasteiger partial charge in [-0.15, -0.1) is 0 Å². The Hall–Kier alpha value is -0.910. The van der Waals surface area contributed by atoms with Gasteiger partial charge in [0, 0.05) is 17.8 Å². The van der Waals surface area contributed by atoms with Crippen LogP contribution in [0.1, 0.15) is 45.4 Å². The van der Waals surface area contributed by atoms with Crippen LogP contribution in [0.2, 0.25) is 0 Å². The summed E-state index contributed by atoms with van der Waals surface area (Å²) in [5.41, 5.74) is 0. The molecule has 0 fully saturated rings. The smallest absolute Gasteiger partial charge is 0.118 e. The van der Waals surface area contributed by atoms with Crippen LogP contribution in [0, 0.1) is 0 Å². The molecule has 0 heterocycles. The molecule has 0 amide bonds.